The van der Waals surface area contributed by atoms with Gasteiger partial charge in [-0.25, -0.2) is 0 Å². The number of piperidine rings is 1. The van der Waals surface area contributed by atoms with Crippen molar-refractivity contribution >= 4 is 5.96 Å². The van der Waals surface area contributed by atoms with Crippen molar-refractivity contribution in [2.75, 3.05) is 33.3 Å². The second-order valence-electron chi connectivity index (χ2n) is 6.68. The lowest BCUT2D eigenvalue weighted by atomic mass is 9.96. The van der Waals surface area contributed by atoms with Crippen LogP contribution in [0.4, 0.5) is 0 Å². The maximum Gasteiger partial charge on any atom is 0.191 e. The second-order valence-corrected chi connectivity index (χ2v) is 6.68. The molecule has 3 rings (SSSR count). The van der Waals surface area contributed by atoms with Gasteiger partial charge in [0.25, 0.3) is 0 Å². The number of hydrogen-bond acceptors (Lipinski definition) is 5. The predicted octanol–water partition coefficient (Wildman–Crippen LogP) is 1.84. The summed E-state index contributed by atoms with van der Waals surface area (Å²) in [6.07, 6.45) is 2.51. The van der Waals surface area contributed by atoms with E-state index in [1.165, 1.54) is 31.5 Å². The summed E-state index contributed by atoms with van der Waals surface area (Å²) in [6.45, 7) is 7.48. The molecule has 0 bridgehead atoms. The number of rotatable bonds is 5. The first-order chi connectivity index (χ1) is 11.2. The molecule has 1 fully saturated rings. The maximum absolute atomic E-state index is 5.21. The third-order valence-corrected chi connectivity index (χ3v) is 4.74. The van der Waals surface area contributed by atoms with E-state index >= 15 is 0 Å². The number of guanidine groups is 1. The molecule has 23 heavy (non-hydrogen) atoms. The minimum absolute atomic E-state index is 0.476. The molecule has 0 aliphatic carbocycles. The summed E-state index contributed by atoms with van der Waals surface area (Å²) in [5, 5.41) is 6.83. The molecule has 0 radical (unpaired) electrons. The molecule has 1 unspecified atom stereocenters. The van der Waals surface area contributed by atoms with E-state index in [0.717, 1.165) is 37.3 Å². The van der Waals surface area contributed by atoms with Crippen molar-refractivity contribution < 1.29 is 4.74 Å². The molecule has 1 aromatic carbocycles. The highest BCUT2D eigenvalue weighted by Crippen LogP contribution is 2.19. The van der Waals surface area contributed by atoms with E-state index in [1.807, 2.05) is 12.1 Å². The van der Waals surface area contributed by atoms with Crippen molar-refractivity contribution in [3.8, 4) is 5.75 Å². The summed E-state index contributed by atoms with van der Waals surface area (Å²) >= 11 is 0. The fraction of sp³-hybridized carbons (Fsp3) is 0.611. The third-order valence-electron chi connectivity index (χ3n) is 4.74. The van der Waals surface area contributed by atoms with Gasteiger partial charge in [-0.05, 0) is 56.5 Å². The van der Waals surface area contributed by atoms with Crippen molar-refractivity contribution in [2.24, 2.45) is 10.9 Å². The predicted molar refractivity (Wildman–Crippen MR) is 93.9 cm³/mol. The molecule has 0 saturated carbocycles. The van der Waals surface area contributed by atoms with Crippen LogP contribution in [-0.4, -0.2) is 50.2 Å². The topological polar surface area (TPSA) is 48.9 Å². The Kier molecular flexibility index (Phi) is 5.39. The van der Waals surface area contributed by atoms with Crippen LogP contribution in [0, 0.1) is 5.92 Å². The lowest BCUT2D eigenvalue weighted by Crippen LogP contribution is -2.42. The fourth-order valence-electron chi connectivity index (χ4n) is 3.24. The highest BCUT2D eigenvalue weighted by atomic mass is 16.5. The van der Waals surface area contributed by atoms with Crippen molar-refractivity contribution in [3.63, 3.8) is 0 Å². The Labute approximate surface area is 139 Å². The van der Waals surface area contributed by atoms with Gasteiger partial charge in [0, 0.05) is 19.1 Å². The van der Waals surface area contributed by atoms with Gasteiger partial charge in [-0.3, -0.25) is 9.89 Å². The van der Waals surface area contributed by atoms with Gasteiger partial charge in [0.05, 0.1) is 13.7 Å². The number of nitrogens with one attached hydrogen (secondary N) is 2. The molecule has 1 atom stereocenters. The Morgan fingerprint density at radius 1 is 1.26 bits per heavy atom. The number of hydrogen-bond donors (Lipinski definition) is 2. The lowest BCUT2D eigenvalue weighted by molar-refractivity contribution is 0.178. The van der Waals surface area contributed by atoms with Crippen molar-refractivity contribution in [2.45, 2.75) is 32.4 Å². The van der Waals surface area contributed by atoms with Crippen LogP contribution in [0.25, 0.3) is 0 Å². The van der Waals surface area contributed by atoms with Gasteiger partial charge in [0.1, 0.15) is 5.75 Å². The molecule has 1 aromatic rings. The Morgan fingerprint density at radius 3 is 2.61 bits per heavy atom. The molecule has 5 nitrogen and oxygen atoms in total. The summed E-state index contributed by atoms with van der Waals surface area (Å²) < 4.78 is 5.21. The van der Waals surface area contributed by atoms with Crippen LogP contribution in [0.1, 0.15) is 25.3 Å². The Hall–Kier alpha value is -1.75. The standard InChI is InChI=1S/C18H28N4O/c1-14-11-19-18(21-14)20-12-15-7-9-22(10-8-15)13-16-3-5-17(23-2)6-4-16/h3-6,14-15H,7-13H2,1-2H3,(H2,19,20,21). The summed E-state index contributed by atoms with van der Waals surface area (Å²) in [4.78, 5) is 7.01. The summed E-state index contributed by atoms with van der Waals surface area (Å²) in [5.74, 6) is 2.66. The van der Waals surface area contributed by atoms with E-state index < -0.39 is 0 Å². The SMILES string of the molecule is COc1ccc(CN2CCC(CNC3=NCC(C)N3)CC2)cc1. The largest absolute Gasteiger partial charge is 0.497 e. The van der Waals surface area contributed by atoms with E-state index in [1.54, 1.807) is 7.11 Å². The van der Waals surface area contributed by atoms with Gasteiger partial charge in [0.15, 0.2) is 5.96 Å². The van der Waals surface area contributed by atoms with E-state index in [2.05, 4.69) is 39.6 Å². The van der Waals surface area contributed by atoms with Crippen molar-refractivity contribution in [3.05, 3.63) is 29.8 Å². The molecule has 5 heteroatoms. The van der Waals surface area contributed by atoms with Gasteiger partial charge in [-0.15, -0.1) is 0 Å². The maximum atomic E-state index is 5.21. The number of nitrogens with zero attached hydrogens (tertiary/aromatic N) is 2. The van der Waals surface area contributed by atoms with Gasteiger partial charge < -0.3 is 15.4 Å². The summed E-state index contributed by atoms with van der Waals surface area (Å²) in [5.41, 5.74) is 1.36. The first kappa shape index (κ1) is 16.1. The van der Waals surface area contributed by atoms with Gasteiger partial charge in [-0.2, -0.15) is 0 Å². The average molecular weight is 316 g/mol. The quantitative estimate of drug-likeness (QED) is 0.870. The first-order valence-electron chi connectivity index (χ1n) is 8.63. The molecule has 2 heterocycles. The van der Waals surface area contributed by atoms with Crippen LogP contribution in [0.5, 0.6) is 5.75 Å². The molecule has 2 aliphatic heterocycles. The molecule has 0 aromatic heterocycles. The third kappa shape index (κ3) is 4.61. The van der Waals surface area contributed by atoms with Crippen molar-refractivity contribution in [1.82, 2.24) is 15.5 Å². The molecule has 0 amide bonds. The number of ether oxygens (including phenoxy) is 1. The van der Waals surface area contributed by atoms with Crippen LogP contribution in [0.3, 0.4) is 0 Å². The Balaban J connectivity index is 1.38. The van der Waals surface area contributed by atoms with E-state index in [9.17, 15) is 0 Å². The number of likely N-dealkylation sites (tertiary alicyclic amines) is 1. The molecule has 2 aliphatic rings. The van der Waals surface area contributed by atoms with Gasteiger partial charge >= 0.3 is 0 Å². The molecular weight excluding hydrogens is 288 g/mol. The zero-order valence-corrected chi connectivity index (χ0v) is 14.2. The van der Waals surface area contributed by atoms with Crippen LogP contribution >= 0.6 is 0 Å². The summed E-state index contributed by atoms with van der Waals surface area (Å²) in [7, 11) is 1.71. The van der Waals surface area contributed by atoms with Gasteiger partial charge in [0.2, 0.25) is 0 Å². The van der Waals surface area contributed by atoms with Gasteiger partial charge in [-0.1, -0.05) is 12.1 Å². The number of methoxy groups -OCH3 is 1. The highest BCUT2D eigenvalue weighted by Gasteiger charge is 2.20. The summed E-state index contributed by atoms with van der Waals surface area (Å²) in [6, 6.07) is 8.89. The number of aliphatic imine (C=N–C) groups is 1. The molecule has 126 valence electrons. The smallest absolute Gasteiger partial charge is 0.191 e. The number of benzene rings is 1. The van der Waals surface area contributed by atoms with Crippen molar-refractivity contribution in [1.29, 1.82) is 0 Å². The van der Waals surface area contributed by atoms with E-state index in [4.69, 9.17) is 4.74 Å². The Morgan fingerprint density at radius 2 is 2.00 bits per heavy atom. The average Bonchev–Trinajstić information content (AvgIpc) is 3.00. The zero-order chi connectivity index (χ0) is 16.1. The Bertz CT molecular complexity index is 520. The molecular formula is C18H28N4O. The second kappa shape index (κ2) is 7.68. The normalized spacial score (nSPS) is 22.5. The molecule has 2 N–H and O–H groups in total. The van der Waals surface area contributed by atoms with E-state index in [0.29, 0.717) is 6.04 Å². The monoisotopic (exact) mass is 316 g/mol. The zero-order valence-electron chi connectivity index (χ0n) is 14.2. The first-order valence-corrected chi connectivity index (χ1v) is 8.63. The molecule has 0 spiro atoms. The lowest BCUT2D eigenvalue weighted by Gasteiger charge is -2.32. The minimum Gasteiger partial charge on any atom is -0.497 e. The molecule has 1 saturated heterocycles. The van der Waals surface area contributed by atoms with Crippen LogP contribution < -0.4 is 15.4 Å². The van der Waals surface area contributed by atoms with Crippen LogP contribution in [0.2, 0.25) is 0 Å². The van der Waals surface area contributed by atoms with E-state index in [-0.39, 0.29) is 0 Å². The minimum atomic E-state index is 0.476. The highest BCUT2D eigenvalue weighted by molar-refractivity contribution is 5.81. The fourth-order valence-corrected chi connectivity index (χ4v) is 3.24. The van der Waals surface area contributed by atoms with Crippen LogP contribution in [0.15, 0.2) is 29.3 Å². The van der Waals surface area contributed by atoms with Crippen LogP contribution in [-0.2, 0) is 6.54 Å².